The molecule has 2 aliphatic heterocycles. The van der Waals surface area contributed by atoms with Gasteiger partial charge in [-0.2, -0.15) is 0 Å². The number of hydrogen-bond donors (Lipinski definition) is 4. The Hall–Kier alpha value is -3.22. The number of phenolic OH excluding ortho intramolecular Hbond substituents is 1. The second-order valence-electron chi connectivity index (χ2n) is 27.4. The zero-order valence-corrected chi connectivity index (χ0v) is 58.2. The van der Waals surface area contributed by atoms with Crippen molar-refractivity contribution in [3.05, 3.63) is 59.7 Å². The second kappa shape index (κ2) is 58.2. The minimum Gasteiger partial charge on any atom is -0.508 e. The van der Waals surface area contributed by atoms with Gasteiger partial charge in [0.1, 0.15) is 42.4 Å². The maximum absolute atomic E-state index is 13.5. The van der Waals surface area contributed by atoms with Crippen molar-refractivity contribution in [2.45, 2.75) is 394 Å². The number of esters is 2. The van der Waals surface area contributed by atoms with Gasteiger partial charge in [-0.15, -0.1) is 0 Å². The van der Waals surface area contributed by atoms with E-state index in [9.17, 15) is 30.0 Å². The third-order valence-electron chi connectivity index (χ3n) is 18.9. The summed E-state index contributed by atoms with van der Waals surface area (Å²) in [5, 5.41) is 42.0. The molecule has 2 aromatic rings. The lowest BCUT2D eigenvalue weighted by molar-refractivity contribution is -0.169. The van der Waals surface area contributed by atoms with Crippen LogP contribution in [0.4, 0.5) is 0 Å². The van der Waals surface area contributed by atoms with Gasteiger partial charge in [0.05, 0.1) is 18.3 Å². The highest BCUT2D eigenvalue weighted by Crippen LogP contribution is 2.27. The fourth-order valence-corrected chi connectivity index (χ4v) is 13.1. The van der Waals surface area contributed by atoms with Crippen LogP contribution in [0.3, 0.4) is 0 Å². The van der Waals surface area contributed by atoms with Crippen molar-refractivity contribution in [1.82, 2.24) is 9.80 Å². The molecule has 0 saturated carbocycles. The van der Waals surface area contributed by atoms with Crippen molar-refractivity contribution in [1.29, 1.82) is 0 Å². The largest absolute Gasteiger partial charge is 0.508 e. The van der Waals surface area contributed by atoms with Crippen molar-refractivity contribution in [2.24, 2.45) is 0 Å². The van der Waals surface area contributed by atoms with Gasteiger partial charge in [-0.25, -0.2) is 0 Å². The quantitative estimate of drug-likeness (QED) is 0.0370. The van der Waals surface area contributed by atoms with E-state index >= 15 is 0 Å². The average molecular weight is 1280 g/mol. The first-order valence-electron chi connectivity index (χ1n) is 37.9. The van der Waals surface area contributed by atoms with E-state index in [2.05, 4.69) is 44.4 Å². The maximum atomic E-state index is 13.5. The number of ether oxygens (including phenoxy) is 3. The number of carbonyl (C=O) groups excluding carboxylic acids is 2. The molecule has 11 heteroatoms. The minimum atomic E-state index is -0.453. The monoisotopic (exact) mass is 1280 g/mol. The Kier molecular flexibility index (Phi) is 54.8. The van der Waals surface area contributed by atoms with E-state index < -0.39 is 24.4 Å². The molecule has 2 saturated heterocycles. The molecule has 2 heterocycles. The number of rotatable bonds is 56. The number of benzene rings is 2. The SMILES string of the molecule is C.C.CCCCCCCCCCC(O)CN1CC(CCCCCCCCCC)OC(=O)C1Cc1ccc(O)cc1.CCCCCCCCCCC(O)COc1ccc(CC2C(=O)OC(CCCCCCCCCC)CN2CC(O)CCCCCCCCCC)cc1. The predicted octanol–water partition coefficient (Wildman–Crippen LogP) is 20.7. The van der Waals surface area contributed by atoms with E-state index in [0.29, 0.717) is 45.6 Å². The summed E-state index contributed by atoms with van der Waals surface area (Å²) in [6.45, 7) is 14.0. The molecule has 2 fully saturated rings. The zero-order chi connectivity index (χ0) is 64.2. The molecule has 2 aliphatic rings. The van der Waals surface area contributed by atoms with Crippen molar-refractivity contribution < 1.29 is 44.2 Å². The van der Waals surface area contributed by atoms with Crippen LogP contribution in [0.5, 0.6) is 11.5 Å². The van der Waals surface area contributed by atoms with Gasteiger partial charge in [0.2, 0.25) is 0 Å². The molecule has 0 aliphatic carbocycles. The number of morpholine rings is 2. The number of nitrogens with zero attached hydrogens (tertiary/aromatic N) is 2. The number of aliphatic hydroxyl groups is 3. The molecule has 0 spiro atoms. The van der Waals surface area contributed by atoms with Crippen LogP contribution in [0.1, 0.15) is 350 Å². The molecule has 4 N–H and O–H groups in total. The number of unbranched alkanes of at least 4 members (excludes halogenated alkanes) is 35. The normalized spacial score (nSPS) is 17.9. The summed E-state index contributed by atoms with van der Waals surface area (Å²) in [6, 6.07) is 14.2. The Labute approximate surface area is 561 Å². The molecule has 530 valence electrons. The summed E-state index contributed by atoms with van der Waals surface area (Å²) < 4.78 is 17.9. The van der Waals surface area contributed by atoms with Crippen LogP contribution in [0.15, 0.2) is 48.5 Å². The van der Waals surface area contributed by atoms with Crippen molar-refractivity contribution in [3.63, 3.8) is 0 Å². The fraction of sp³-hybridized carbons (Fsp3) is 0.825. The van der Waals surface area contributed by atoms with Crippen LogP contribution in [0.2, 0.25) is 0 Å². The fourth-order valence-electron chi connectivity index (χ4n) is 13.1. The van der Waals surface area contributed by atoms with Crippen molar-refractivity contribution >= 4 is 11.9 Å². The van der Waals surface area contributed by atoms with E-state index in [-0.39, 0.29) is 50.8 Å². The van der Waals surface area contributed by atoms with Crippen molar-refractivity contribution in [3.8, 4) is 11.5 Å². The van der Waals surface area contributed by atoms with Crippen LogP contribution in [0, 0.1) is 0 Å². The first-order valence-corrected chi connectivity index (χ1v) is 37.9. The van der Waals surface area contributed by atoms with Crippen LogP contribution >= 0.6 is 0 Å². The minimum absolute atomic E-state index is 0. The zero-order valence-electron chi connectivity index (χ0n) is 58.2. The van der Waals surface area contributed by atoms with Crippen LogP contribution < -0.4 is 4.74 Å². The van der Waals surface area contributed by atoms with E-state index in [4.69, 9.17) is 14.2 Å². The lowest BCUT2D eigenvalue weighted by Crippen LogP contribution is -2.55. The Balaban J connectivity index is 0.000000926. The second-order valence-corrected chi connectivity index (χ2v) is 27.4. The number of aromatic hydroxyl groups is 1. The summed E-state index contributed by atoms with van der Waals surface area (Å²) in [5.41, 5.74) is 2.04. The molecular weight excluding hydrogens is 1130 g/mol. The lowest BCUT2D eigenvalue weighted by Gasteiger charge is -2.39. The van der Waals surface area contributed by atoms with Crippen molar-refractivity contribution in [2.75, 3.05) is 32.8 Å². The van der Waals surface area contributed by atoms with Gasteiger partial charge >= 0.3 is 11.9 Å². The highest BCUT2D eigenvalue weighted by Gasteiger charge is 2.38. The Morgan fingerprint density at radius 2 is 0.670 bits per heavy atom. The smallest absolute Gasteiger partial charge is 0.324 e. The van der Waals surface area contributed by atoms with Gasteiger partial charge in [0.25, 0.3) is 0 Å². The van der Waals surface area contributed by atoms with E-state index in [1.165, 1.54) is 225 Å². The molecule has 4 rings (SSSR count). The van der Waals surface area contributed by atoms with Gasteiger partial charge in [0.15, 0.2) is 0 Å². The van der Waals surface area contributed by atoms with Crippen LogP contribution in [0.25, 0.3) is 0 Å². The molecule has 0 radical (unpaired) electrons. The van der Waals surface area contributed by atoms with Gasteiger partial charge in [-0.05, 0) is 93.2 Å². The molecule has 7 unspecified atom stereocenters. The molecular formula is C80H146N2O9. The standard InChI is InChI=1S/C45H81NO5.C33H57NO4.2CH4/c1-4-7-10-13-16-19-22-25-28-40(47)36-46-37-43(30-27-24-21-18-15-12-9-6-3)51-45(49)44(46)35-39-31-33-42(34-32-39)50-38-41(48)29-26-23-20-17-14-11-8-5-2;1-3-5-7-9-11-13-15-17-19-30(36)26-34-27-31(20-18-16-14-12-10-8-6-4-2)38-33(37)32(34)25-28-21-23-29(35)24-22-28;;/h31-34,40-41,43-44,47-48H,4-30,35-38H2,1-3H3;21-24,30-32,35-36H,3-20,25-27H2,1-2H3;2*1H4. The molecule has 0 bridgehead atoms. The summed E-state index contributed by atoms with van der Waals surface area (Å²) in [4.78, 5) is 31.0. The summed E-state index contributed by atoms with van der Waals surface area (Å²) in [5.74, 6) is 0.633. The molecule has 91 heavy (non-hydrogen) atoms. The Morgan fingerprint density at radius 1 is 0.396 bits per heavy atom. The van der Waals surface area contributed by atoms with Crippen LogP contribution in [-0.2, 0) is 31.9 Å². The summed E-state index contributed by atoms with van der Waals surface area (Å²) >= 11 is 0. The molecule has 2 aromatic carbocycles. The van der Waals surface area contributed by atoms with E-state index in [1.807, 2.05) is 36.4 Å². The maximum Gasteiger partial charge on any atom is 0.324 e. The Bertz CT molecular complexity index is 1930. The van der Waals surface area contributed by atoms with Gasteiger partial charge in [-0.1, -0.05) is 318 Å². The molecule has 7 atom stereocenters. The number of hydrogen-bond acceptors (Lipinski definition) is 11. The van der Waals surface area contributed by atoms with Gasteiger partial charge in [0, 0.05) is 26.2 Å². The highest BCUT2D eigenvalue weighted by atomic mass is 16.6. The predicted molar refractivity (Wildman–Crippen MR) is 386 cm³/mol. The Morgan fingerprint density at radius 3 is 0.989 bits per heavy atom. The number of β-amino-alcohol motifs (C(OH)–C–C–N with tert-alkyl or cyclic N) is 2. The number of phenols is 1. The van der Waals surface area contributed by atoms with Gasteiger partial charge in [-0.3, -0.25) is 19.4 Å². The first-order chi connectivity index (χ1) is 43.5. The molecule has 11 nitrogen and oxygen atoms in total. The molecule has 0 amide bonds. The number of cyclic esters (lactones) is 2. The first kappa shape index (κ1) is 85.8. The number of carbonyl (C=O) groups is 2. The highest BCUT2D eigenvalue weighted by molar-refractivity contribution is 5.77. The van der Waals surface area contributed by atoms with E-state index in [0.717, 1.165) is 81.1 Å². The van der Waals surface area contributed by atoms with Crippen LogP contribution in [-0.4, -0.2) is 118 Å². The van der Waals surface area contributed by atoms with Gasteiger partial charge < -0.3 is 34.6 Å². The third kappa shape index (κ3) is 43.5. The topological polar surface area (TPSA) is 149 Å². The average Bonchev–Trinajstić information content (AvgIpc) is 2.58. The third-order valence-corrected chi connectivity index (χ3v) is 18.9. The van der Waals surface area contributed by atoms with E-state index in [1.54, 1.807) is 12.1 Å². The summed E-state index contributed by atoms with van der Waals surface area (Å²) in [6.07, 6.45) is 54.1. The lowest BCUT2D eigenvalue weighted by atomic mass is 9.99. The number of aliphatic hydroxyl groups excluding tert-OH is 3. The summed E-state index contributed by atoms with van der Waals surface area (Å²) in [7, 11) is 0. The molecule has 0 aromatic heterocycles.